The summed E-state index contributed by atoms with van der Waals surface area (Å²) in [6, 6.07) is 8.09. The fourth-order valence-corrected chi connectivity index (χ4v) is 3.04. The highest BCUT2D eigenvalue weighted by Gasteiger charge is 2.44. The third-order valence-electron chi connectivity index (χ3n) is 4.01. The minimum Gasteiger partial charge on any atom is -0.484 e. The Morgan fingerprint density at radius 2 is 1.88 bits per heavy atom. The summed E-state index contributed by atoms with van der Waals surface area (Å²) in [5, 5.41) is 10.3. The molecule has 1 atom stereocenters. The number of aliphatic hydroxyl groups excluding tert-OH is 1. The number of hydrogen-bond acceptors (Lipinski definition) is 2. The molecule has 86 valence electrons. The van der Waals surface area contributed by atoms with Crippen molar-refractivity contribution < 1.29 is 9.84 Å². The van der Waals surface area contributed by atoms with Crippen molar-refractivity contribution in [1.82, 2.24) is 0 Å². The SMILES string of the molecule is OC1Cc2ccccc2OC12CCCCC2. The van der Waals surface area contributed by atoms with Crippen LogP contribution in [0.5, 0.6) is 5.75 Å². The Morgan fingerprint density at radius 3 is 2.69 bits per heavy atom. The summed E-state index contributed by atoms with van der Waals surface area (Å²) in [6.45, 7) is 0. The average Bonchev–Trinajstić information content (AvgIpc) is 2.32. The van der Waals surface area contributed by atoms with E-state index in [0.29, 0.717) is 0 Å². The first kappa shape index (κ1) is 10.2. The molecule has 0 amide bonds. The van der Waals surface area contributed by atoms with E-state index in [1.807, 2.05) is 24.3 Å². The topological polar surface area (TPSA) is 29.5 Å². The Kier molecular flexibility index (Phi) is 2.40. The van der Waals surface area contributed by atoms with E-state index in [0.717, 1.165) is 30.6 Å². The van der Waals surface area contributed by atoms with E-state index >= 15 is 0 Å². The lowest BCUT2D eigenvalue weighted by Gasteiger charge is -2.44. The highest BCUT2D eigenvalue weighted by Crippen LogP contribution is 2.41. The zero-order valence-corrected chi connectivity index (χ0v) is 9.48. The van der Waals surface area contributed by atoms with Crippen LogP contribution in [0, 0.1) is 0 Å². The predicted molar refractivity (Wildman–Crippen MR) is 62.6 cm³/mol. The largest absolute Gasteiger partial charge is 0.484 e. The molecule has 1 heterocycles. The maximum Gasteiger partial charge on any atom is 0.135 e. The molecule has 0 bridgehead atoms. The van der Waals surface area contributed by atoms with Gasteiger partial charge in [0.15, 0.2) is 0 Å². The maximum absolute atomic E-state index is 10.3. The average molecular weight is 218 g/mol. The molecule has 0 aromatic heterocycles. The molecule has 0 radical (unpaired) electrons. The minimum atomic E-state index is -0.331. The summed E-state index contributed by atoms with van der Waals surface area (Å²) in [6.07, 6.45) is 6.06. The normalized spacial score (nSPS) is 27.2. The lowest BCUT2D eigenvalue weighted by Crippen LogP contribution is -2.52. The van der Waals surface area contributed by atoms with E-state index in [9.17, 15) is 5.11 Å². The molecular formula is C14H18O2. The van der Waals surface area contributed by atoms with E-state index in [1.165, 1.54) is 19.3 Å². The maximum atomic E-state index is 10.3. The van der Waals surface area contributed by atoms with Gasteiger partial charge in [-0.2, -0.15) is 0 Å². The number of para-hydroxylation sites is 1. The lowest BCUT2D eigenvalue weighted by molar-refractivity contribution is -0.0882. The highest BCUT2D eigenvalue weighted by atomic mass is 16.5. The molecule has 16 heavy (non-hydrogen) atoms. The summed E-state index contributed by atoms with van der Waals surface area (Å²) >= 11 is 0. The molecule has 1 aliphatic heterocycles. The molecule has 2 aliphatic rings. The van der Waals surface area contributed by atoms with Crippen LogP contribution >= 0.6 is 0 Å². The standard InChI is InChI=1S/C14H18O2/c15-13-10-11-6-2-3-7-12(11)16-14(13)8-4-1-5-9-14/h2-3,6-7,13,15H,1,4-5,8-10H2. The predicted octanol–water partition coefficient (Wildman–Crippen LogP) is 2.69. The third-order valence-corrected chi connectivity index (χ3v) is 4.01. The van der Waals surface area contributed by atoms with Gasteiger partial charge in [0.25, 0.3) is 0 Å². The Hall–Kier alpha value is -1.02. The Labute approximate surface area is 96.2 Å². The Bertz CT molecular complexity index is 380. The first-order valence-electron chi connectivity index (χ1n) is 6.25. The van der Waals surface area contributed by atoms with Crippen LogP contribution in [-0.2, 0) is 6.42 Å². The van der Waals surface area contributed by atoms with E-state index in [-0.39, 0.29) is 11.7 Å². The van der Waals surface area contributed by atoms with Gasteiger partial charge in [-0.05, 0) is 37.3 Å². The van der Waals surface area contributed by atoms with Crippen molar-refractivity contribution in [2.75, 3.05) is 0 Å². The van der Waals surface area contributed by atoms with Crippen LogP contribution in [0.2, 0.25) is 0 Å². The molecule has 1 spiro atoms. The third kappa shape index (κ3) is 1.52. The molecular weight excluding hydrogens is 200 g/mol. The van der Waals surface area contributed by atoms with Gasteiger partial charge in [0.05, 0.1) is 6.10 Å². The van der Waals surface area contributed by atoms with Crippen molar-refractivity contribution >= 4 is 0 Å². The summed E-state index contributed by atoms with van der Waals surface area (Å²) in [4.78, 5) is 0. The second-order valence-electron chi connectivity index (χ2n) is 5.06. The second kappa shape index (κ2) is 3.77. The molecule has 1 N–H and O–H groups in total. The molecule has 2 nitrogen and oxygen atoms in total. The number of fused-ring (bicyclic) bond motifs is 1. The van der Waals surface area contributed by atoms with Crippen LogP contribution in [0.4, 0.5) is 0 Å². The Balaban J connectivity index is 1.93. The van der Waals surface area contributed by atoms with Crippen LogP contribution in [0.25, 0.3) is 0 Å². The van der Waals surface area contributed by atoms with Crippen LogP contribution in [-0.4, -0.2) is 16.8 Å². The quantitative estimate of drug-likeness (QED) is 0.725. The zero-order chi connectivity index (χ0) is 11.0. The van der Waals surface area contributed by atoms with Crippen molar-refractivity contribution in [1.29, 1.82) is 0 Å². The fourth-order valence-electron chi connectivity index (χ4n) is 3.04. The molecule has 3 rings (SSSR count). The van der Waals surface area contributed by atoms with Crippen molar-refractivity contribution in [2.24, 2.45) is 0 Å². The van der Waals surface area contributed by atoms with E-state index in [4.69, 9.17) is 4.74 Å². The minimum absolute atomic E-state index is 0.285. The van der Waals surface area contributed by atoms with Crippen LogP contribution in [0.3, 0.4) is 0 Å². The van der Waals surface area contributed by atoms with Crippen molar-refractivity contribution in [3.8, 4) is 5.75 Å². The molecule has 1 aromatic carbocycles. The fraction of sp³-hybridized carbons (Fsp3) is 0.571. The van der Waals surface area contributed by atoms with Gasteiger partial charge in [-0.25, -0.2) is 0 Å². The molecule has 1 fully saturated rings. The van der Waals surface area contributed by atoms with Gasteiger partial charge < -0.3 is 9.84 Å². The van der Waals surface area contributed by atoms with Crippen LogP contribution in [0.15, 0.2) is 24.3 Å². The zero-order valence-electron chi connectivity index (χ0n) is 9.48. The smallest absolute Gasteiger partial charge is 0.135 e. The number of ether oxygens (including phenoxy) is 1. The first-order chi connectivity index (χ1) is 7.80. The molecule has 1 aliphatic carbocycles. The van der Waals surface area contributed by atoms with E-state index in [1.54, 1.807) is 0 Å². The van der Waals surface area contributed by atoms with Gasteiger partial charge in [0.2, 0.25) is 0 Å². The molecule has 1 unspecified atom stereocenters. The Morgan fingerprint density at radius 1 is 1.12 bits per heavy atom. The summed E-state index contributed by atoms with van der Waals surface area (Å²) in [5.41, 5.74) is 0.860. The summed E-state index contributed by atoms with van der Waals surface area (Å²) in [5.74, 6) is 0.981. The van der Waals surface area contributed by atoms with E-state index in [2.05, 4.69) is 0 Å². The first-order valence-corrected chi connectivity index (χ1v) is 6.25. The summed E-state index contributed by atoms with van der Waals surface area (Å²) in [7, 11) is 0. The van der Waals surface area contributed by atoms with Gasteiger partial charge in [-0.1, -0.05) is 24.6 Å². The monoisotopic (exact) mass is 218 g/mol. The molecule has 1 aromatic rings. The van der Waals surface area contributed by atoms with Gasteiger partial charge >= 0.3 is 0 Å². The van der Waals surface area contributed by atoms with Crippen molar-refractivity contribution in [3.05, 3.63) is 29.8 Å². The van der Waals surface area contributed by atoms with Crippen LogP contribution in [0.1, 0.15) is 37.7 Å². The van der Waals surface area contributed by atoms with Gasteiger partial charge in [-0.15, -0.1) is 0 Å². The van der Waals surface area contributed by atoms with Gasteiger partial charge in [0, 0.05) is 6.42 Å². The van der Waals surface area contributed by atoms with Crippen LogP contribution < -0.4 is 4.74 Å². The van der Waals surface area contributed by atoms with Crippen molar-refractivity contribution in [3.63, 3.8) is 0 Å². The van der Waals surface area contributed by atoms with Gasteiger partial charge in [0.1, 0.15) is 11.4 Å². The second-order valence-corrected chi connectivity index (χ2v) is 5.06. The molecule has 2 heteroatoms. The number of rotatable bonds is 0. The lowest BCUT2D eigenvalue weighted by atomic mass is 9.77. The van der Waals surface area contributed by atoms with E-state index < -0.39 is 0 Å². The molecule has 1 saturated carbocycles. The highest BCUT2D eigenvalue weighted by molar-refractivity contribution is 5.37. The van der Waals surface area contributed by atoms with Gasteiger partial charge in [-0.3, -0.25) is 0 Å². The number of aliphatic hydroxyl groups is 1. The summed E-state index contributed by atoms with van der Waals surface area (Å²) < 4.78 is 6.12. The number of benzene rings is 1. The molecule has 0 saturated heterocycles. The van der Waals surface area contributed by atoms with Crippen molar-refractivity contribution in [2.45, 2.75) is 50.2 Å². The number of hydrogen-bond donors (Lipinski definition) is 1.